The van der Waals surface area contributed by atoms with E-state index in [1.165, 1.54) is 0 Å². The van der Waals surface area contributed by atoms with Gasteiger partial charge in [-0.2, -0.15) is 17.6 Å². The zero-order valence-corrected chi connectivity index (χ0v) is 8.73. The van der Waals surface area contributed by atoms with Crippen LogP contribution in [-0.4, -0.2) is 30.2 Å². The molecule has 0 fully saturated rings. The summed E-state index contributed by atoms with van der Waals surface area (Å²) in [5, 5.41) is -11.3. The minimum atomic E-state index is -6.82. The molecule has 0 N–H and O–H groups in total. The molecule has 0 aliphatic carbocycles. The van der Waals surface area contributed by atoms with E-state index in [4.69, 9.17) is 0 Å². The lowest BCUT2D eigenvalue weighted by atomic mass is 10.8. The quantitative estimate of drug-likeness (QED) is 0.591. The Kier molecular flexibility index (Phi) is 4.20. The highest BCUT2D eigenvalue weighted by Crippen LogP contribution is 2.43. The molecular weight excluding hydrogens is 297 g/mol. The normalized spacial score (nSPS) is 18.7. The summed E-state index contributed by atoms with van der Waals surface area (Å²) in [6.07, 6.45) is 0. The van der Waals surface area contributed by atoms with Gasteiger partial charge in [0, 0.05) is 0 Å². The van der Waals surface area contributed by atoms with Gasteiger partial charge in [0.2, 0.25) is 0 Å². The largest absolute Gasteiger partial charge is 0.395 e. The second kappa shape index (κ2) is 4.17. The van der Waals surface area contributed by atoms with Crippen molar-refractivity contribution in [3.63, 3.8) is 0 Å². The number of hydrogen-bond donors (Lipinski definition) is 0. The maximum Gasteiger partial charge on any atom is 0.395 e. The lowest BCUT2D eigenvalue weighted by Gasteiger charge is -2.23. The molecule has 0 aromatic carbocycles. The summed E-state index contributed by atoms with van der Waals surface area (Å²) in [4.78, 5) is 0. The molecule has 0 saturated heterocycles. The van der Waals surface area contributed by atoms with Crippen molar-refractivity contribution in [3.8, 4) is 0 Å². The number of sulfone groups is 1. The summed E-state index contributed by atoms with van der Waals surface area (Å²) in [5.74, 6) is 0. The first kappa shape index (κ1) is 15.1. The molecule has 2 atom stereocenters. The highest BCUT2D eigenvalue weighted by Gasteiger charge is 2.67. The van der Waals surface area contributed by atoms with Gasteiger partial charge in [0.15, 0.2) is 0 Å². The molecule has 0 bridgehead atoms. The van der Waals surface area contributed by atoms with Gasteiger partial charge in [-0.3, -0.25) is 0 Å². The maximum absolute atomic E-state index is 12.4. The maximum atomic E-state index is 12.4. The van der Waals surface area contributed by atoms with E-state index < -0.39 is 31.6 Å². The van der Waals surface area contributed by atoms with Gasteiger partial charge in [-0.25, -0.2) is 17.2 Å². The average molecular weight is 299 g/mol. The molecule has 0 radical (unpaired) electrons. The van der Waals surface area contributed by atoms with Gasteiger partial charge in [-0.05, 0) is 0 Å². The number of alkyl halides is 8. The standard InChI is InChI=1S/C4H2Cl2F6O2S/c5-1(7)3(9,10)15(13,14)4(11,12)2(6)8/h1-2H. The van der Waals surface area contributed by atoms with Crippen molar-refractivity contribution in [2.45, 2.75) is 21.8 Å². The predicted molar refractivity (Wildman–Crippen MR) is 40.3 cm³/mol. The first-order valence-electron chi connectivity index (χ1n) is 2.95. The molecule has 0 spiro atoms. The van der Waals surface area contributed by atoms with E-state index in [9.17, 15) is 34.8 Å². The van der Waals surface area contributed by atoms with Crippen molar-refractivity contribution >= 4 is 33.0 Å². The van der Waals surface area contributed by atoms with Crippen molar-refractivity contribution in [1.82, 2.24) is 0 Å². The monoisotopic (exact) mass is 298 g/mol. The average Bonchev–Trinajstić information content (AvgIpc) is 2.02. The van der Waals surface area contributed by atoms with Gasteiger partial charge in [-0.1, -0.05) is 23.2 Å². The fraction of sp³-hybridized carbons (Fsp3) is 1.00. The molecule has 92 valence electrons. The third-order valence-corrected chi connectivity index (χ3v) is 3.88. The second-order valence-electron chi connectivity index (χ2n) is 2.23. The van der Waals surface area contributed by atoms with Crippen molar-refractivity contribution in [3.05, 3.63) is 0 Å². The Bertz CT molecular complexity index is 300. The summed E-state index contributed by atoms with van der Waals surface area (Å²) in [5.41, 5.74) is -7.88. The van der Waals surface area contributed by atoms with Crippen LogP contribution in [0.1, 0.15) is 0 Å². The lowest BCUT2D eigenvalue weighted by molar-refractivity contribution is -0.000745. The number of rotatable bonds is 4. The van der Waals surface area contributed by atoms with Gasteiger partial charge < -0.3 is 0 Å². The van der Waals surface area contributed by atoms with Crippen LogP contribution in [0.5, 0.6) is 0 Å². The molecule has 0 aliphatic rings. The van der Waals surface area contributed by atoms with E-state index in [1.807, 2.05) is 0 Å². The van der Waals surface area contributed by atoms with Gasteiger partial charge in [-0.15, -0.1) is 0 Å². The van der Waals surface area contributed by atoms with Crippen LogP contribution >= 0.6 is 23.2 Å². The highest BCUT2D eigenvalue weighted by atomic mass is 35.5. The number of halogens is 8. The molecule has 2 unspecified atom stereocenters. The Labute approximate surface area is 90.1 Å². The zero-order valence-electron chi connectivity index (χ0n) is 6.40. The van der Waals surface area contributed by atoms with Gasteiger partial charge in [0.05, 0.1) is 0 Å². The van der Waals surface area contributed by atoms with Crippen LogP contribution in [0.4, 0.5) is 26.3 Å². The highest BCUT2D eigenvalue weighted by molar-refractivity contribution is 7.93. The summed E-state index contributed by atoms with van der Waals surface area (Å²) < 4.78 is 94.1. The van der Waals surface area contributed by atoms with Crippen LogP contribution in [0, 0.1) is 0 Å². The molecule has 0 aromatic heterocycles. The Balaban J connectivity index is 5.54. The van der Waals surface area contributed by atoms with Gasteiger partial charge >= 0.3 is 10.5 Å². The predicted octanol–water partition coefficient (Wildman–Crippen LogP) is 2.66. The topological polar surface area (TPSA) is 34.1 Å². The van der Waals surface area contributed by atoms with Crippen LogP contribution in [0.15, 0.2) is 0 Å². The molecule has 11 heteroatoms. The van der Waals surface area contributed by atoms with Crippen LogP contribution in [0.2, 0.25) is 0 Å². The SMILES string of the molecule is O=S(=O)(C(F)(F)C(F)Cl)C(F)(F)C(F)Cl. The fourth-order valence-electron chi connectivity index (χ4n) is 0.416. The zero-order chi connectivity index (χ0) is 12.7. The number of hydrogen-bond acceptors (Lipinski definition) is 2. The van der Waals surface area contributed by atoms with Crippen LogP contribution in [0.3, 0.4) is 0 Å². The summed E-state index contributed by atoms with van der Waals surface area (Å²) in [7, 11) is -6.82. The minimum absolute atomic E-state index is 3.94. The van der Waals surface area contributed by atoms with E-state index in [0.29, 0.717) is 0 Å². The van der Waals surface area contributed by atoms with E-state index in [2.05, 4.69) is 23.2 Å². The van der Waals surface area contributed by atoms with E-state index in [0.717, 1.165) is 0 Å². The smallest absolute Gasteiger partial charge is 0.222 e. The molecule has 0 heterocycles. The van der Waals surface area contributed by atoms with Crippen molar-refractivity contribution in [2.75, 3.05) is 0 Å². The van der Waals surface area contributed by atoms with E-state index in [-0.39, 0.29) is 0 Å². The van der Waals surface area contributed by atoms with Crippen LogP contribution in [-0.2, 0) is 9.84 Å². The molecule has 0 aliphatic heterocycles. The van der Waals surface area contributed by atoms with Crippen molar-refractivity contribution in [1.29, 1.82) is 0 Å². The minimum Gasteiger partial charge on any atom is -0.222 e. The first-order chi connectivity index (χ1) is 6.39. The molecule has 0 rings (SSSR count). The molecule has 2 nitrogen and oxygen atoms in total. The Morgan fingerprint density at radius 2 is 1.07 bits per heavy atom. The third-order valence-electron chi connectivity index (χ3n) is 1.22. The summed E-state index contributed by atoms with van der Waals surface area (Å²) in [6, 6.07) is 0. The van der Waals surface area contributed by atoms with Gasteiger partial charge in [0.1, 0.15) is 0 Å². The molecule has 0 amide bonds. The molecule has 0 saturated carbocycles. The Morgan fingerprint density at radius 1 is 0.867 bits per heavy atom. The molecule has 0 aromatic rings. The Morgan fingerprint density at radius 3 is 1.20 bits per heavy atom. The first-order valence-corrected chi connectivity index (χ1v) is 5.30. The van der Waals surface area contributed by atoms with E-state index in [1.54, 1.807) is 0 Å². The van der Waals surface area contributed by atoms with Gasteiger partial charge in [0.25, 0.3) is 21.1 Å². The second-order valence-corrected chi connectivity index (χ2v) is 5.09. The Hall–Kier alpha value is 0.110. The van der Waals surface area contributed by atoms with Crippen LogP contribution < -0.4 is 0 Å². The summed E-state index contributed by atoms with van der Waals surface area (Å²) in [6.45, 7) is 0. The summed E-state index contributed by atoms with van der Waals surface area (Å²) >= 11 is 8.14. The van der Waals surface area contributed by atoms with Crippen molar-refractivity contribution in [2.24, 2.45) is 0 Å². The third kappa shape index (κ3) is 2.28. The van der Waals surface area contributed by atoms with Crippen LogP contribution in [0.25, 0.3) is 0 Å². The fourth-order valence-corrected chi connectivity index (χ4v) is 1.95. The molecular formula is C4H2Cl2F6O2S. The van der Waals surface area contributed by atoms with E-state index >= 15 is 0 Å². The van der Waals surface area contributed by atoms with Crippen molar-refractivity contribution < 1.29 is 34.8 Å². The lowest BCUT2D eigenvalue weighted by Crippen LogP contribution is -2.49. The molecule has 15 heavy (non-hydrogen) atoms.